The summed E-state index contributed by atoms with van der Waals surface area (Å²) in [5.74, 6) is -0.273. The number of ether oxygens (including phenoxy) is 1. The van der Waals surface area contributed by atoms with E-state index in [0.29, 0.717) is 5.13 Å². The molecular formula is C13H15FN4O2S. The molecule has 0 aliphatic heterocycles. The molecule has 0 unspecified atom stereocenters. The van der Waals surface area contributed by atoms with Gasteiger partial charge in [-0.25, -0.2) is 9.18 Å². The Morgan fingerprint density at radius 3 is 2.86 bits per heavy atom. The summed E-state index contributed by atoms with van der Waals surface area (Å²) in [6.07, 6.45) is -0.371. The van der Waals surface area contributed by atoms with Crippen LogP contribution in [0.4, 0.5) is 14.3 Å². The van der Waals surface area contributed by atoms with Crippen LogP contribution in [0.25, 0.3) is 0 Å². The summed E-state index contributed by atoms with van der Waals surface area (Å²) in [5.41, 5.74) is 0. The molecule has 1 aromatic carbocycles. The molecule has 0 saturated heterocycles. The molecule has 0 aliphatic carbocycles. The van der Waals surface area contributed by atoms with Crippen molar-refractivity contribution in [2.24, 2.45) is 0 Å². The summed E-state index contributed by atoms with van der Waals surface area (Å²) in [6.45, 7) is 3.77. The molecule has 0 bridgehead atoms. The van der Waals surface area contributed by atoms with Gasteiger partial charge >= 0.3 is 6.03 Å². The van der Waals surface area contributed by atoms with Crippen molar-refractivity contribution in [3.8, 4) is 5.75 Å². The van der Waals surface area contributed by atoms with E-state index < -0.39 is 11.8 Å². The van der Waals surface area contributed by atoms with E-state index in [0.717, 1.165) is 5.01 Å². The van der Waals surface area contributed by atoms with Crippen molar-refractivity contribution < 1.29 is 13.9 Å². The van der Waals surface area contributed by atoms with Gasteiger partial charge in [0.1, 0.15) is 11.1 Å². The molecule has 8 heteroatoms. The second-order valence-corrected chi connectivity index (χ2v) is 5.50. The van der Waals surface area contributed by atoms with E-state index in [-0.39, 0.29) is 18.4 Å². The number of para-hydroxylation sites is 1. The van der Waals surface area contributed by atoms with E-state index in [9.17, 15) is 9.18 Å². The van der Waals surface area contributed by atoms with E-state index in [2.05, 4.69) is 20.8 Å². The fraction of sp³-hybridized carbons (Fsp3) is 0.308. The Morgan fingerprint density at radius 1 is 1.43 bits per heavy atom. The first kappa shape index (κ1) is 15.2. The largest absolute Gasteiger partial charge is 0.486 e. The monoisotopic (exact) mass is 310 g/mol. The average Bonchev–Trinajstić information content (AvgIpc) is 2.84. The maximum atomic E-state index is 13.4. The number of rotatable bonds is 5. The lowest BCUT2D eigenvalue weighted by atomic mass is 10.3. The van der Waals surface area contributed by atoms with Crippen LogP contribution in [0.2, 0.25) is 0 Å². The molecule has 0 radical (unpaired) electrons. The number of nitrogens with zero attached hydrogens (tertiary/aromatic N) is 2. The number of halogens is 1. The van der Waals surface area contributed by atoms with Gasteiger partial charge in [0.2, 0.25) is 5.13 Å². The summed E-state index contributed by atoms with van der Waals surface area (Å²) in [6, 6.07) is 5.72. The van der Waals surface area contributed by atoms with Crippen LogP contribution in [0.3, 0.4) is 0 Å². The van der Waals surface area contributed by atoms with Gasteiger partial charge < -0.3 is 10.1 Å². The van der Waals surface area contributed by atoms with Gasteiger partial charge in [0.25, 0.3) is 0 Å². The Morgan fingerprint density at radius 2 is 2.19 bits per heavy atom. The minimum Gasteiger partial charge on any atom is -0.486 e. The van der Waals surface area contributed by atoms with Crippen molar-refractivity contribution in [2.75, 3.05) is 11.9 Å². The van der Waals surface area contributed by atoms with Crippen molar-refractivity contribution in [1.82, 2.24) is 15.5 Å². The minimum absolute atomic E-state index is 0.159. The highest BCUT2D eigenvalue weighted by Gasteiger charge is 2.10. The summed E-state index contributed by atoms with van der Waals surface area (Å²) in [7, 11) is 0. The van der Waals surface area contributed by atoms with Crippen molar-refractivity contribution in [3.05, 3.63) is 35.1 Å². The normalized spacial score (nSPS) is 11.8. The zero-order chi connectivity index (χ0) is 15.2. The van der Waals surface area contributed by atoms with E-state index >= 15 is 0 Å². The Kier molecular flexibility index (Phi) is 5.04. The van der Waals surface area contributed by atoms with Crippen LogP contribution < -0.4 is 15.4 Å². The Hall–Kier alpha value is -2.22. The number of urea groups is 1. The molecular weight excluding hydrogens is 295 g/mol. The molecule has 0 fully saturated rings. The highest BCUT2D eigenvalue weighted by Crippen LogP contribution is 2.17. The van der Waals surface area contributed by atoms with Crippen LogP contribution in [0.5, 0.6) is 5.75 Å². The number of hydrogen-bond acceptors (Lipinski definition) is 5. The molecule has 6 nitrogen and oxygen atoms in total. The molecule has 2 aromatic rings. The molecule has 0 aliphatic rings. The fourth-order valence-corrected chi connectivity index (χ4v) is 2.11. The molecule has 2 amide bonds. The summed E-state index contributed by atoms with van der Waals surface area (Å²) >= 11 is 1.28. The number of carbonyl (C=O) groups is 1. The van der Waals surface area contributed by atoms with Gasteiger partial charge in [0.05, 0.1) is 6.54 Å². The predicted octanol–water partition coefficient (Wildman–Crippen LogP) is 2.57. The first-order chi connectivity index (χ1) is 10.0. The van der Waals surface area contributed by atoms with E-state index in [1.807, 2.05) is 0 Å². The van der Waals surface area contributed by atoms with Crippen LogP contribution in [0.15, 0.2) is 24.3 Å². The summed E-state index contributed by atoms with van der Waals surface area (Å²) in [5, 5.41) is 13.9. The summed E-state index contributed by atoms with van der Waals surface area (Å²) < 4.78 is 18.8. The maximum Gasteiger partial charge on any atom is 0.321 e. The molecule has 0 spiro atoms. The van der Waals surface area contributed by atoms with Crippen molar-refractivity contribution >= 4 is 22.5 Å². The highest BCUT2D eigenvalue weighted by molar-refractivity contribution is 7.15. The topological polar surface area (TPSA) is 76.1 Å². The molecule has 1 aromatic heterocycles. The molecule has 112 valence electrons. The number of hydrogen-bond donors (Lipinski definition) is 2. The van der Waals surface area contributed by atoms with Gasteiger partial charge in [0, 0.05) is 0 Å². The van der Waals surface area contributed by atoms with Gasteiger partial charge in [-0.2, -0.15) is 0 Å². The second kappa shape index (κ2) is 6.98. The van der Waals surface area contributed by atoms with E-state index in [4.69, 9.17) is 4.74 Å². The quantitative estimate of drug-likeness (QED) is 0.890. The third-order valence-corrected chi connectivity index (χ3v) is 3.22. The highest BCUT2D eigenvalue weighted by atomic mass is 32.1. The van der Waals surface area contributed by atoms with Crippen LogP contribution in [0.1, 0.15) is 11.9 Å². The lowest BCUT2D eigenvalue weighted by molar-refractivity contribution is 0.205. The van der Waals surface area contributed by atoms with E-state index in [1.54, 1.807) is 26.0 Å². The van der Waals surface area contributed by atoms with Gasteiger partial charge in [0.15, 0.2) is 11.6 Å². The molecule has 2 N–H and O–H groups in total. The van der Waals surface area contributed by atoms with Crippen molar-refractivity contribution in [1.29, 1.82) is 0 Å². The third kappa shape index (κ3) is 4.67. The fourth-order valence-electron chi connectivity index (χ4n) is 1.52. The number of carbonyl (C=O) groups excluding carboxylic acids is 1. The maximum absolute atomic E-state index is 13.4. The first-order valence-electron chi connectivity index (χ1n) is 6.30. The number of aromatic nitrogens is 2. The lowest BCUT2D eigenvalue weighted by Gasteiger charge is -2.15. The predicted molar refractivity (Wildman–Crippen MR) is 78.2 cm³/mol. The van der Waals surface area contributed by atoms with Gasteiger partial charge in [-0.1, -0.05) is 23.5 Å². The van der Waals surface area contributed by atoms with Crippen molar-refractivity contribution in [2.45, 2.75) is 20.0 Å². The lowest BCUT2D eigenvalue weighted by Crippen LogP contribution is -2.36. The number of anilines is 1. The van der Waals surface area contributed by atoms with E-state index in [1.165, 1.54) is 23.5 Å². The zero-order valence-electron chi connectivity index (χ0n) is 11.6. The molecule has 1 heterocycles. The first-order valence-corrected chi connectivity index (χ1v) is 7.12. The van der Waals surface area contributed by atoms with Crippen LogP contribution in [-0.2, 0) is 0 Å². The number of benzene rings is 1. The van der Waals surface area contributed by atoms with Gasteiger partial charge in [-0.15, -0.1) is 10.2 Å². The molecule has 21 heavy (non-hydrogen) atoms. The third-order valence-electron chi connectivity index (χ3n) is 2.46. The average molecular weight is 310 g/mol. The van der Waals surface area contributed by atoms with Crippen LogP contribution in [0, 0.1) is 12.7 Å². The Balaban J connectivity index is 1.77. The number of aryl methyl sites for hydroxylation is 1. The number of nitrogens with one attached hydrogen (secondary N) is 2. The minimum atomic E-state index is -0.432. The second-order valence-electron chi connectivity index (χ2n) is 4.32. The molecule has 0 saturated carbocycles. The standard InChI is InChI=1S/C13H15FN4O2S/c1-8(20-11-6-4-3-5-10(11)14)7-15-12(19)16-13-18-17-9(2)21-13/h3-6,8H,7H2,1-2H3,(H2,15,16,18,19)/t8-/m0/s1. The molecule has 2 rings (SSSR count). The van der Waals surface area contributed by atoms with Crippen LogP contribution >= 0.6 is 11.3 Å². The zero-order valence-corrected chi connectivity index (χ0v) is 12.4. The van der Waals surface area contributed by atoms with Gasteiger partial charge in [-0.3, -0.25) is 5.32 Å². The molecule has 1 atom stereocenters. The smallest absolute Gasteiger partial charge is 0.321 e. The van der Waals surface area contributed by atoms with Gasteiger partial charge in [-0.05, 0) is 26.0 Å². The summed E-state index contributed by atoms with van der Waals surface area (Å²) in [4.78, 5) is 11.6. The number of amides is 2. The Labute approximate surface area is 125 Å². The Bertz CT molecular complexity index is 620. The SMILES string of the molecule is Cc1nnc(NC(=O)NC[C@H](C)Oc2ccccc2F)s1. The van der Waals surface area contributed by atoms with Crippen LogP contribution in [-0.4, -0.2) is 28.9 Å². The van der Waals surface area contributed by atoms with Crippen molar-refractivity contribution in [3.63, 3.8) is 0 Å².